The van der Waals surface area contributed by atoms with E-state index in [1.165, 1.54) is 12.1 Å². The number of hydrogen-bond donors (Lipinski definition) is 3. The Morgan fingerprint density at radius 3 is 2.61 bits per heavy atom. The number of benzene rings is 1. The lowest BCUT2D eigenvalue weighted by Crippen LogP contribution is -2.43. The van der Waals surface area contributed by atoms with Crippen molar-refractivity contribution in [3.05, 3.63) is 40.1 Å². The first-order chi connectivity index (χ1) is 13.0. The first-order valence-electron chi connectivity index (χ1n) is 7.73. The van der Waals surface area contributed by atoms with Gasteiger partial charge >= 0.3 is 12.3 Å². The zero-order chi connectivity index (χ0) is 21.1. The largest absolute Gasteiger partial charge is 0.573 e. The maximum atomic E-state index is 12.5. The topological polar surface area (TPSA) is 116 Å². The van der Waals surface area contributed by atoms with Crippen molar-refractivity contribution in [2.24, 2.45) is 0 Å². The number of rotatable bonds is 6. The normalized spacial score (nSPS) is 14.9. The highest BCUT2D eigenvalue weighted by Crippen LogP contribution is 2.31. The number of aliphatic hydroxyl groups is 1. The van der Waals surface area contributed by atoms with Crippen LogP contribution in [-0.4, -0.2) is 52.3 Å². The summed E-state index contributed by atoms with van der Waals surface area (Å²) in [6.45, 7) is -0.941. The second-order valence-electron chi connectivity index (χ2n) is 5.69. The van der Waals surface area contributed by atoms with Gasteiger partial charge in [0, 0.05) is 19.5 Å². The zero-order valence-corrected chi connectivity index (χ0v) is 14.8. The summed E-state index contributed by atoms with van der Waals surface area (Å²) in [6, 6.07) is 3.55. The predicted molar refractivity (Wildman–Crippen MR) is 88.5 cm³/mol. The molecule has 0 saturated heterocycles. The van der Waals surface area contributed by atoms with Gasteiger partial charge in [0.2, 0.25) is 0 Å². The predicted octanol–water partition coefficient (Wildman–Crippen LogP) is 1.98. The summed E-state index contributed by atoms with van der Waals surface area (Å²) >= 11 is 5.67. The minimum atomic E-state index is -4.95. The molecule has 0 unspecified atom stereocenters. The lowest BCUT2D eigenvalue weighted by molar-refractivity contribution is -0.274. The fourth-order valence-electron chi connectivity index (χ4n) is 2.44. The van der Waals surface area contributed by atoms with Crippen LogP contribution in [0.1, 0.15) is 12.0 Å². The van der Waals surface area contributed by atoms with E-state index in [2.05, 4.69) is 4.74 Å². The van der Waals surface area contributed by atoms with Crippen LogP contribution in [-0.2, 0) is 20.9 Å². The van der Waals surface area contributed by atoms with E-state index in [4.69, 9.17) is 16.7 Å². The molecule has 12 heteroatoms. The van der Waals surface area contributed by atoms with Crippen molar-refractivity contribution in [1.82, 2.24) is 10.2 Å². The van der Waals surface area contributed by atoms with E-state index in [9.17, 15) is 32.7 Å². The van der Waals surface area contributed by atoms with E-state index in [1.807, 2.05) is 5.32 Å². The number of carbonyl (C=O) groups excluding carboxylic acids is 2. The molecule has 1 heterocycles. The van der Waals surface area contributed by atoms with E-state index in [0.717, 1.165) is 11.0 Å². The van der Waals surface area contributed by atoms with E-state index < -0.39 is 47.8 Å². The molecule has 0 atom stereocenters. The third-order valence-electron chi connectivity index (χ3n) is 3.63. The first-order valence-corrected chi connectivity index (χ1v) is 8.11. The molecular formula is C16H14ClF3N2O6. The molecular weight excluding hydrogens is 409 g/mol. The number of aliphatic carboxylic acids is 1. The van der Waals surface area contributed by atoms with Crippen LogP contribution in [0.2, 0.25) is 5.02 Å². The second-order valence-corrected chi connectivity index (χ2v) is 6.09. The third-order valence-corrected chi connectivity index (χ3v) is 3.94. The number of nitrogens with one attached hydrogen (secondary N) is 1. The number of ether oxygens (including phenoxy) is 1. The van der Waals surface area contributed by atoms with E-state index in [1.54, 1.807) is 0 Å². The van der Waals surface area contributed by atoms with Crippen molar-refractivity contribution in [3.63, 3.8) is 0 Å². The van der Waals surface area contributed by atoms with Crippen molar-refractivity contribution in [2.75, 3.05) is 13.1 Å². The Morgan fingerprint density at radius 1 is 1.32 bits per heavy atom. The smallest absolute Gasteiger partial charge is 0.511 e. The molecule has 1 aliphatic rings. The maximum absolute atomic E-state index is 12.5. The van der Waals surface area contributed by atoms with Crippen molar-refractivity contribution in [3.8, 4) is 5.75 Å². The Bertz CT molecular complexity index is 840. The van der Waals surface area contributed by atoms with Gasteiger partial charge in [0.1, 0.15) is 23.6 Å². The number of amides is 2. The first kappa shape index (κ1) is 21.4. The molecule has 0 bridgehead atoms. The van der Waals surface area contributed by atoms with Gasteiger partial charge in [0.25, 0.3) is 11.8 Å². The molecule has 0 saturated carbocycles. The molecule has 2 rings (SSSR count). The quantitative estimate of drug-likeness (QED) is 0.604. The lowest BCUT2D eigenvalue weighted by atomic mass is 10.0. The Labute approximate surface area is 161 Å². The SMILES string of the molecule is O=C(O)CNC(=O)C1=C(O)CCN(Cc2ccc(Cl)c(OC(F)(F)F)c2)C1=O. The molecule has 0 radical (unpaired) electrons. The van der Waals surface area contributed by atoms with Gasteiger partial charge in [0.05, 0.1) is 5.02 Å². The van der Waals surface area contributed by atoms with Crippen LogP contribution in [0, 0.1) is 0 Å². The Kier molecular flexibility index (Phi) is 6.39. The number of alkyl halides is 3. The number of carboxylic acids is 1. The van der Waals surface area contributed by atoms with Gasteiger partial charge in [-0.15, -0.1) is 13.2 Å². The Morgan fingerprint density at radius 2 is 2.00 bits per heavy atom. The molecule has 0 aromatic heterocycles. The van der Waals surface area contributed by atoms with E-state index in [0.29, 0.717) is 0 Å². The minimum absolute atomic E-state index is 0.00152. The summed E-state index contributed by atoms with van der Waals surface area (Å²) in [4.78, 5) is 36.1. The summed E-state index contributed by atoms with van der Waals surface area (Å²) in [5.74, 6) is -4.44. The number of hydrogen-bond acceptors (Lipinski definition) is 5. The van der Waals surface area contributed by atoms with Gasteiger partial charge in [-0.1, -0.05) is 17.7 Å². The summed E-state index contributed by atoms with van der Waals surface area (Å²) in [6.07, 6.45) is -5.03. The van der Waals surface area contributed by atoms with Gasteiger partial charge in [0.15, 0.2) is 0 Å². The van der Waals surface area contributed by atoms with E-state index >= 15 is 0 Å². The molecule has 8 nitrogen and oxygen atoms in total. The van der Waals surface area contributed by atoms with Gasteiger partial charge < -0.3 is 25.2 Å². The van der Waals surface area contributed by atoms with Crippen molar-refractivity contribution in [1.29, 1.82) is 0 Å². The molecule has 1 aromatic rings. The summed E-state index contributed by atoms with van der Waals surface area (Å²) in [5, 5.41) is 20.1. The molecule has 0 spiro atoms. The number of carbonyl (C=O) groups is 3. The minimum Gasteiger partial charge on any atom is -0.511 e. The van der Waals surface area contributed by atoms with Crippen LogP contribution in [0.5, 0.6) is 5.75 Å². The van der Waals surface area contributed by atoms with Crippen molar-refractivity contribution >= 4 is 29.4 Å². The fourth-order valence-corrected chi connectivity index (χ4v) is 2.60. The van der Waals surface area contributed by atoms with Gasteiger partial charge in [-0.25, -0.2) is 0 Å². The van der Waals surface area contributed by atoms with Crippen molar-refractivity contribution in [2.45, 2.75) is 19.3 Å². The molecule has 152 valence electrons. The summed E-state index contributed by atoms with van der Waals surface area (Å²) in [5.41, 5.74) is -0.378. The van der Waals surface area contributed by atoms with Crippen LogP contribution in [0.25, 0.3) is 0 Å². The average molecular weight is 423 g/mol. The monoisotopic (exact) mass is 422 g/mol. The van der Waals surface area contributed by atoms with Crippen LogP contribution in [0.15, 0.2) is 29.5 Å². The van der Waals surface area contributed by atoms with E-state index in [-0.39, 0.29) is 30.1 Å². The number of aliphatic hydroxyl groups excluding tert-OH is 1. The van der Waals surface area contributed by atoms with Crippen molar-refractivity contribution < 1.29 is 42.5 Å². The highest BCUT2D eigenvalue weighted by molar-refractivity contribution is 6.32. The van der Waals surface area contributed by atoms with Crippen LogP contribution in [0.3, 0.4) is 0 Å². The number of halogens is 4. The maximum Gasteiger partial charge on any atom is 0.573 e. The van der Waals surface area contributed by atoms with Crippen LogP contribution in [0.4, 0.5) is 13.2 Å². The highest BCUT2D eigenvalue weighted by atomic mass is 35.5. The average Bonchev–Trinajstić information content (AvgIpc) is 2.57. The zero-order valence-electron chi connectivity index (χ0n) is 14.0. The van der Waals surface area contributed by atoms with Gasteiger partial charge in [-0.2, -0.15) is 0 Å². The molecule has 0 fully saturated rings. The number of nitrogens with zero attached hydrogens (tertiary/aromatic N) is 1. The van der Waals surface area contributed by atoms with Gasteiger partial charge in [-0.05, 0) is 17.7 Å². The Hall–Kier alpha value is -2.95. The molecule has 1 aromatic carbocycles. The van der Waals surface area contributed by atoms with Crippen LogP contribution >= 0.6 is 11.6 Å². The third kappa shape index (κ3) is 5.52. The second kappa shape index (κ2) is 8.38. The van der Waals surface area contributed by atoms with Gasteiger partial charge in [-0.3, -0.25) is 14.4 Å². The standard InChI is InChI=1S/C16H14ClF3N2O6/c17-9-2-1-8(5-11(9)28-16(18,19)20)7-22-4-3-10(23)13(15(22)27)14(26)21-6-12(24)25/h1-2,5,23H,3-4,6-7H2,(H,21,26)(H,24,25). The molecule has 28 heavy (non-hydrogen) atoms. The summed E-state index contributed by atoms with van der Waals surface area (Å²) < 4.78 is 41.1. The van der Waals surface area contributed by atoms with Crippen LogP contribution < -0.4 is 10.1 Å². The highest BCUT2D eigenvalue weighted by Gasteiger charge is 2.34. The molecule has 2 amide bonds. The Balaban J connectivity index is 2.17. The number of carboxylic acid groups (broad SMARTS) is 1. The molecule has 1 aliphatic heterocycles. The fraction of sp³-hybridized carbons (Fsp3) is 0.312. The molecule has 3 N–H and O–H groups in total. The summed E-state index contributed by atoms with van der Waals surface area (Å²) in [7, 11) is 0. The molecule has 0 aliphatic carbocycles. The lowest BCUT2D eigenvalue weighted by Gasteiger charge is -2.28.